The minimum absolute atomic E-state index is 0.171. The second kappa shape index (κ2) is 5.71. The Balaban J connectivity index is 3.88. The minimum atomic E-state index is -2.79. The summed E-state index contributed by atoms with van der Waals surface area (Å²) >= 11 is 6.87. The Morgan fingerprint density at radius 3 is 2.00 bits per heavy atom. The van der Waals surface area contributed by atoms with E-state index in [0.29, 0.717) is 5.75 Å². The zero-order valence-electron chi connectivity index (χ0n) is 8.02. The molecule has 0 saturated heterocycles. The predicted octanol–water partition coefficient (Wildman–Crippen LogP) is 2.61. The molecule has 0 N–H and O–H groups in total. The van der Waals surface area contributed by atoms with Crippen molar-refractivity contribution in [2.45, 2.75) is 19.8 Å². The average Bonchev–Trinajstić information content (AvgIpc) is 2.02. The highest BCUT2D eigenvalue weighted by atomic mass is 79.9. The lowest BCUT2D eigenvalue weighted by atomic mass is 9.91. The van der Waals surface area contributed by atoms with Crippen LogP contribution in [0.3, 0.4) is 0 Å². The first-order valence-electron chi connectivity index (χ1n) is 4.13. The first-order chi connectivity index (χ1) is 5.83. The van der Waals surface area contributed by atoms with Crippen LogP contribution in [0, 0.1) is 5.41 Å². The zero-order valence-corrected chi connectivity index (χ0v) is 12.0. The topological polar surface area (TPSA) is 34.1 Å². The lowest BCUT2D eigenvalue weighted by Gasteiger charge is -2.24. The van der Waals surface area contributed by atoms with Crippen LogP contribution in [0.15, 0.2) is 0 Å². The molecular weight excluding hydrogens is 320 g/mol. The van der Waals surface area contributed by atoms with Crippen molar-refractivity contribution in [1.29, 1.82) is 0 Å². The molecule has 2 nitrogen and oxygen atoms in total. The molecule has 0 saturated carbocycles. The van der Waals surface area contributed by atoms with Crippen LogP contribution in [0.25, 0.3) is 0 Å². The van der Waals surface area contributed by atoms with Crippen LogP contribution in [0.1, 0.15) is 19.8 Å². The molecule has 0 aliphatic carbocycles. The Hall–Kier alpha value is 0.910. The molecule has 0 aromatic heterocycles. The SMILES string of the molecule is CC(CBr)(CBr)CCCS(C)(=O)=O. The molecule has 0 unspecified atom stereocenters. The lowest BCUT2D eigenvalue weighted by Crippen LogP contribution is -2.21. The summed E-state index contributed by atoms with van der Waals surface area (Å²) in [5, 5.41) is 1.80. The summed E-state index contributed by atoms with van der Waals surface area (Å²) < 4.78 is 21.7. The Bertz CT molecular complexity index is 233. The smallest absolute Gasteiger partial charge is 0.147 e. The van der Waals surface area contributed by atoms with Crippen molar-refractivity contribution in [3.8, 4) is 0 Å². The molecule has 0 aromatic carbocycles. The molecule has 5 heteroatoms. The summed E-state index contributed by atoms with van der Waals surface area (Å²) in [6, 6.07) is 0. The van der Waals surface area contributed by atoms with E-state index < -0.39 is 9.84 Å². The molecule has 0 atom stereocenters. The lowest BCUT2D eigenvalue weighted by molar-refractivity contribution is 0.398. The fraction of sp³-hybridized carbons (Fsp3) is 1.00. The molecular formula is C8H16Br2O2S. The van der Waals surface area contributed by atoms with Gasteiger partial charge in [0.25, 0.3) is 0 Å². The maximum atomic E-state index is 10.9. The van der Waals surface area contributed by atoms with E-state index in [1.807, 2.05) is 0 Å². The van der Waals surface area contributed by atoms with Crippen molar-refractivity contribution >= 4 is 41.7 Å². The number of rotatable bonds is 6. The third kappa shape index (κ3) is 6.91. The molecule has 0 bridgehead atoms. The zero-order chi connectivity index (χ0) is 10.5. The second-order valence-corrected chi connectivity index (χ2v) is 7.19. The standard InChI is InChI=1S/C8H16Br2O2S/c1-8(6-9,7-10)4-3-5-13(2,11)12/h3-7H2,1-2H3. The van der Waals surface area contributed by atoms with E-state index in [4.69, 9.17) is 0 Å². The number of sulfone groups is 1. The Morgan fingerprint density at radius 1 is 1.23 bits per heavy atom. The normalized spacial score (nSPS) is 13.2. The molecule has 0 amide bonds. The average molecular weight is 336 g/mol. The van der Waals surface area contributed by atoms with E-state index in [9.17, 15) is 8.42 Å². The van der Waals surface area contributed by atoms with Crippen LogP contribution >= 0.6 is 31.9 Å². The van der Waals surface area contributed by atoms with Gasteiger partial charge in [-0.1, -0.05) is 38.8 Å². The monoisotopic (exact) mass is 334 g/mol. The predicted molar refractivity (Wildman–Crippen MR) is 64.6 cm³/mol. The fourth-order valence-corrected chi connectivity index (χ4v) is 3.09. The van der Waals surface area contributed by atoms with E-state index >= 15 is 0 Å². The quantitative estimate of drug-likeness (QED) is 0.699. The van der Waals surface area contributed by atoms with Gasteiger partial charge in [0.1, 0.15) is 9.84 Å². The Labute approximate surface area is 97.7 Å². The molecule has 0 heterocycles. The molecule has 80 valence electrons. The van der Waals surface area contributed by atoms with Crippen molar-refractivity contribution in [3.05, 3.63) is 0 Å². The van der Waals surface area contributed by atoms with E-state index in [0.717, 1.165) is 23.5 Å². The van der Waals surface area contributed by atoms with Gasteiger partial charge in [0.15, 0.2) is 0 Å². The Morgan fingerprint density at radius 2 is 1.69 bits per heavy atom. The van der Waals surface area contributed by atoms with Gasteiger partial charge >= 0.3 is 0 Å². The van der Waals surface area contributed by atoms with Crippen LogP contribution in [0.2, 0.25) is 0 Å². The largest absolute Gasteiger partial charge is 0.229 e. The molecule has 0 rings (SSSR count). The van der Waals surface area contributed by atoms with Gasteiger partial charge in [-0.3, -0.25) is 0 Å². The van der Waals surface area contributed by atoms with Crippen molar-refractivity contribution in [3.63, 3.8) is 0 Å². The van der Waals surface area contributed by atoms with Crippen molar-refractivity contribution in [2.24, 2.45) is 5.41 Å². The van der Waals surface area contributed by atoms with Gasteiger partial charge in [0.2, 0.25) is 0 Å². The molecule has 13 heavy (non-hydrogen) atoms. The van der Waals surface area contributed by atoms with Gasteiger partial charge in [-0.2, -0.15) is 0 Å². The highest BCUT2D eigenvalue weighted by Crippen LogP contribution is 2.28. The van der Waals surface area contributed by atoms with Crippen molar-refractivity contribution < 1.29 is 8.42 Å². The third-order valence-corrected chi connectivity index (χ3v) is 5.68. The summed E-state index contributed by atoms with van der Waals surface area (Å²) in [5.41, 5.74) is 0.171. The van der Waals surface area contributed by atoms with Crippen LogP contribution in [-0.2, 0) is 9.84 Å². The van der Waals surface area contributed by atoms with Gasteiger partial charge < -0.3 is 0 Å². The van der Waals surface area contributed by atoms with E-state index in [2.05, 4.69) is 38.8 Å². The van der Waals surface area contributed by atoms with Crippen molar-refractivity contribution in [2.75, 3.05) is 22.7 Å². The van der Waals surface area contributed by atoms with Crippen molar-refractivity contribution in [1.82, 2.24) is 0 Å². The summed E-state index contributed by atoms with van der Waals surface area (Å²) in [5.74, 6) is 0.294. The van der Waals surface area contributed by atoms with Gasteiger partial charge in [0, 0.05) is 22.7 Å². The van der Waals surface area contributed by atoms with Gasteiger partial charge in [-0.05, 0) is 18.3 Å². The molecule has 0 aliphatic rings. The summed E-state index contributed by atoms with van der Waals surface area (Å²) in [7, 11) is -2.79. The van der Waals surface area contributed by atoms with Gasteiger partial charge in [-0.25, -0.2) is 8.42 Å². The van der Waals surface area contributed by atoms with Gasteiger partial charge in [0.05, 0.1) is 0 Å². The number of halogens is 2. The van der Waals surface area contributed by atoms with Crippen LogP contribution in [0.4, 0.5) is 0 Å². The van der Waals surface area contributed by atoms with Crippen LogP contribution < -0.4 is 0 Å². The summed E-state index contributed by atoms with van der Waals surface area (Å²) in [6.45, 7) is 2.14. The maximum absolute atomic E-state index is 10.9. The number of hydrogen-bond acceptors (Lipinski definition) is 2. The second-order valence-electron chi connectivity index (χ2n) is 3.81. The highest BCUT2D eigenvalue weighted by Gasteiger charge is 2.21. The summed E-state index contributed by atoms with van der Waals surface area (Å²) in [6.07, 6.45) is 2.95. The maximum Gasteiger partial charge on any atom is 0.147 e. The molecule has 0 radical (unpaired) electrons. The van der Waals surface area contributed by atoms with Gasteiger partial charge in [-0.15, -0.1) is 0 Å². The van der Waals surface area contributed by atoms with Crippen LogP contribution in [0.5, 0.6) is 0 Å². The Kier molecular flexibility index (Phi) is 6.11. The highest BCUT2D eigenvalue weighted by molar-refractivity contribution is 9.09. The summed E-state index contributed by atoms with van der Waals surface area (Å²) in [4.78, 5) is 0. The number of alkyl halides is 2. The molecule has 0 fully saturated rings. The van der Waals surface area contributed by atoms with E-state index in [-0.39, 0.29) is 5.41 Å². The van der Waals surface area contributed by atoms with Crippen LogP contribution in [-0.4, -0.2) is 31.1 Å². The molecule has 0 aromatic rings. The minimum Gasteiger partial charge on any atom is -0.229 e. The van der Waals surface area contributed by atoms with E-state index in [1.54, 1.807) is 0 Å². The molecule has 0 aliphatic heterocycles. The van der Waals surface area contributed by atoms with E-state index in [1.165, 1.54) is 6.26 Å². The fourth-order valence-electron chi connectivity index (χ4n) is 0.930. The first kappa shape index (κ1) is 13.9. The third-order valence-electron chi connectivity index (χ3n) is 1.94. The first-order valence-corrected chi connectivity index (χ1v) is 8.43. The number of hydrogen-bond donors (Lipinski definition) is 0. The molecule has 0 spiro atoms.